The van der Waals surface area contributed by atoms with Crippen LogP contribution in [0.15, 0.2) is 53.4 Å². The van der Waals surface area contributed by atoms with Crippen molar-refractivity contribution in [1.29, 1.82) is 5.26 Å². The number of likely N-dealkylation sites (tertiary alicyclic amines) is 1. The van der Waals surface area contributed by atoms with Gasteiger partial charge in [0, 0.05) is 44.2 Å². The van der Waals surface area contributed by atoms with Gasteiger partial charge in [0.2, 0.25) is 11.7 Å². The van der Waals surface area contributed by atoms with E-state index in [1.165, 1.54) is 24.4 Å². The number of methoxy groups -OCH3 is 1. The number of allylic oxidation sites excluding steroid dienone is 1. The summed E-state index contributed by atoms with van der Waals surface area (Å²) in [5.41, 5.74) is 6.95. The first-order chi connectivity index (χ1) is 31.6. The second-order valence-electron chi connectivity index (χ2n) is 14.7. The molecule has 9 N–H and O–H groups in total. The van der Waals surface area contributed by atoms with Crippen molar-refractivity contribution >= 4 is 51.6 Å². The Balaban J connectivity index is 1.20. The number of aliphatic hydroxyl groups excluding tert-OH is 2. The number of aliphatic hydroxyl groups is 2. The molecule has 21 nitrogen and oxygen atoms in total. The number of terminal acetylenes is 1. The summed E-state index contributed by atoms with van der Waals surface area (Å²) in [6, 6.07) is 11.6. The number of pyridine rings is 1. The maximum atomic E-state index is 13.7. The zero-order chi connectivity index (χ0) is 46.9. The lowest BCUT2D eigenvalue weighted by Crippen LogP contribution is -2.45. The number of nitriles is 1. The summed E-state index contributed by atoms with van der Waals surface area (Å²) in [5, 5.41) is 39.3. The molecule has 1 aliphatic heterocycles. The third-order valence-corrected chi connectivity index (χ3v) is 10.4. The summed E-state index contributed by atoms with van der Waals surface area (Å²) in [4.78, 5) is 61.3. The first-order valence-corrected chi connectivity index (χ1v) is 21.0. The van der Waals surface area contributed by atoms with Gasteiger partial charge in [-0.3, -0.25) is 30.0 Å². The van der Waals surface area contributed by atoms with E-state index >= 15 is 0 Å². The predicted octanol–water partition coefficient (Wildman–Crippen LogP) is 0.616. The predicted molar refractivity (Wildman–Crippen MR) is 239 cm³/mol. The minimum atomic E-state index is -1.05. The monoisotopic (exact) mass is 902 g/mol. The number of hydrazone groups is 1. The minimum absolute atomic E-state index is 0.00974. The number of nitrogens with two attached hydrogens (primary N) is 1. The third-order valence-electron chi connectivity index (χ3n) is 10.4. The number of aromatic nitrogens is 2. The van der Waals surface area contributed by atoms with Crippen molar-refractivity contribution in [3.05, 3.63) is 59.4 Å². The standard InChI is InChI=1S/C44H58N10O11/c1-3-17-62-19-21-64-23-24-65-22-20-63-18-12-36(57)50-28-44(29-55,30-56)13-7-14-47-42(59)41(51-46)53-52-40-38-37(35(61-2)27-49-40)34(26-48-38)39(58)43(60)54-15-10-32(11-16-54)33(25-45)31-8-5-4-6-9-31/h1,4-6,8-9,26-27,48,55-56H,7,10-24,28-30,46H2,2H3,(H,47,59)(H,49,52)(H,50,57)(H,51,53). The van der Waals surface area contributed by atoms with E-state index in [9.17, 15) is 34.7 Å². The Hall–Kier alpha value is -6.59. The van der Waals surface area contributed by atoms with E-state index in [0.29, 0.717) is 57.9 Å². The van der Waals surface area contributed by atoms with Gasteiger partial charge in [0.1, 0.15) is 12.4 Å². The van der Waals surface area contributed by atoms with Gasteiger partial charge in [0.25, 0.3) is 17.6 Å². The number of benzene rings is 1. The van der Waals surface area contributed by atoms with Crippen LogP contribution in [-0.4, -0.2) is 154 Å². The molecule has 3 aromatic rings. The summed E-state index contributed by atoms with van der Waals surface area (Å²) >= 11 is 0. The van der Waals surface area contributed by atoms with Gasteiger partial charge in [-0.25, -0.2) is 4.98 Å². The fourth-order valence-corrected chi connectivity index (χ4v) is 6.74. The van der Waals surface area contributed by atoms with Gasteiger partial charge in [0.15, 0.2) is 5.82 Å². The fourth-order valence-electron chi connectivity index (χ4n) is 6.74. The number of hydrogen-bond acceptors (Lipinski definition) is 16. The molecule has 0 aliphatic carbocycles. The molecule has 0 atom stereocenters. The van der Waals surface area contributed by atoms with Gasteiger partial charge in [-0.15, -0.1) is 6.42 Å². The number of amidine groups is 1. The number of aromatic amines is 1. The van der Waals surface area contributed by atoms with Crippen molar-refractivity contribution in [2.45, 2.75) is 32.1 Å². The third kappa shape index (κ3) is 15.3. The molecule has 1 saturated heterocycles. The van der Waals surface area contributed by atoms with Crippen LogP contribution >= 0.6 is 0 Å². The van der Waals surface area contributed by atoms with Crippen molar-refractivity contribution in [3.8, 4) is 24.2 Å². The Labute approximate surface area is 377 Å². The topological polar surface area (TPSA) is 297 Å². The lowest BCUT2D eigenvalue weighted by atomic mass is 9.84. The minimum Gasteiger partial charge on any atom is -0.494 e. The number of hydrazine groups is 1. The van der Waals surface area contributed by atoms with Gasteiger partial charge < -0.3 is 60.3 Å². The molecule has 0 spiro atoms. The average molecular weight is 903 g/mol. The molecule has 2 aromatic heterocycles. The molecule has 1 aromatic carbocycles. The van der Waals surface area contributed by atoms with Crippen LogP contribution in [0.4, 0.5) is 5.82 Å². The summed E-state index contributed by atoms with van der Waals surface area (Å²) < 4.78 is 26.8. The molecule has 0 unspecified atom stereocenters. The van der Waals surface area contributed by atoms with Crippen LogP contribution in [0.2, 0.25) is 0 Å². The molecular weight excluding hydrogens is 845 g/mol. The van der Waals surface area contributed by atoms with E-state index in [1.54, 1.807) is 0 Å². The molecular formula is C44H58N10O11. The molecule has 65 heavy (non-hydrogen) atoms. The smallest absolute Gasteiger partial charge is 0.295 e. The van der Waals surface area contributed by atoms with Crippen molar-refractivity contribution in [2.75, 3.05) is 105 Å². The van der Waals surface area contributed by atoms with Gasteiger partial charge >= 0.3 is 0 Å². The first kappa shape index (κ1) is 51.0. The Bertz CT molecular complexity index is 2170. The number of Topliss-reactive ketones (excluding diaryl/α,β-unsaturated/α-hetero) is 1. The maximum absolute atomic E-state index is 13.7. The highest BCUT2D eigenvalue weighted by atomic mass is 16.6. The van der Waals surface area contributed by atoms with Crippen molar-refractivity contribution in [2.24, 2.45) is 16.4 Å². The molecule has 3 amide bonds. The van der Waals surface area contributed by atoms with Crippen LogP contribution < -0.4 is 32.1 Å². The molecule has 0 radical (unpaired) electrons. The number of rotatable bonds is 27. The molecule has 0 saturated carbocycles. The number of carbonyl (C=O) groups is 4. The number of carbonyl (C=O) groups excluding carboxylic acids is 4. The number of anilines is 1. The van der Waals surface area contributed by atoms with Gasteiger partial charge in [-0.05, 0) is 36.8 Å². The summed E-state index contributed by atoms with van der Waals surface area (Å²) in [5.74, 6) is 5.40. The van der Waals surface area contributed by atoms with Crippen LogP contribution in [0.3, 0.4) is 0 Å². The van der Waals surface area contributed by atoms with E-state index < -0.39 is 36.2 Å². The van der Waals surface area contributed by atoms with Gasteiger partial charge in [-0.1, -0.05) is 36.3 Å². The first-order valence-electron chi connectivity index (χ1n) is 21.0. The normalized spacial score (nSPS) is 12.8. The van der Waals surface area contributed by atoms with E-state index in [1.807, 2.05) is 30.3 Å². The number of amides is 3. The number of nitrogens with one attached hydrogen (secondary N) is 5. The molecule has 21 heteroatoms. The molecule has 1 fully saturated rings. The zero-order valence-electron chi connectivity index (χ0n) is 36.5. The lowest BCUT2D eigenvalue weighted by molar-refractivity contribution is -0.127. The average Bonchev–Trinajstić information content (AvgIpc) is 3.79. The highest BCUT2D eigenvalue weighted by molar-refractivity contribution is 6.45. The van der Waals surface area contributed by atoms with E-state index in [0.717, 1.165) is 11.1 Å². The Kier molecular flexibility index (Phi) is 21.6. The summed E-state index contributed by atoms with van der Waals surface area (Å²) in [7, 11) is 1.40. The summed E-state index contributed by atoms with van der Waals surface area (Å²) in [6.45, 7) is 2.37. The Morgan fingerprint density at radius 3 is 2.26 bits per heavy atom. The fraction of sp³-hybridized carbons (Fsp3) is 0.477. The second-order valence-corrected chi connectivity index (χ2v) is 14.7. The van der Waals surface area contributed by atoms with Crippen molar-refractivity contribution in [1.82, 2.24) is 30.9 Å². The lowest BCUT2D eigenvalue weighted by Gasteiger charge is -2.30. The highest BCUT2D eigenvalue weighted by Crippen LogP contribution is 2.33. The number of ketones is 1. The molecule has 0 bridgehead atoms. The Morgan fingerprint density at radius 2 is 1.65 bits per heavy atom. The highest BCUT2D eigenvalue weighted by Gasteiger charge is 2.31. The quantitative estimate of drug-likeness (QED) is 0.00599. The Morgan fingerprint density at radius 1 is 0.985 bits per heavy atom. The number of nitrogens with zero attached hydrogens (tertiary/aromatic N) is 4. The van der Waals surface area contributed by atoms with Gasteiger partial charge in [0.05, 0.1) is 101 Å². The summed E-state index contributed by atoms with van der Waals surface area (Å²) in [6.07, 6.45) is 9.33. The largest absolute Gasteiger partial charge is 0.494 e. The number of hydrogen-bond donors (Lipinski definition) is 8. The SMILES string of the molecule is C#CCOCCOCCOCCOCCC(=O)NCC(CO)(CO)CCCNC(=O)C(=NN)NNc1ncc(OC)c2c(C(=O)C(=O)N3CCC(=C(C#N)c4ccccc4)CC3)c[nH]c12. The van der Waals surface area contributed by atoms with E-state index in [2.05, 4.69) is 48.5 Å². The molecule has 4 rings (SSSR count). The number of fused-ring (bicyclic) bond motifs is 1. The number of piperidine rings is 1. The van der Waals surface area contributed by atoms with Crippen LogP contribution in [0.25, 0.3) is 16.5 Å². The van der Waals surface area contributed by atoms with Crippen LogP contribution in [0.1, 0.15) is 48.0 Å². The van der Waals surface area contributed by atoms with Crippen LogP contribution in [0, 0.1) is 29.1 Å². The van der Waals surface area contributed by atoms with Crippen molar-refractivity contribution in [3.63, 3.8) is 0 Å². The zero-order valence-corrected chi connectivity index (χ0v) is 36.5. The molecule has 1 aliphatic rings. The van der Waals surface area contributed by atoms with E-state index in [4.69, 9.17) is 36.0 Å². The number of H-pyrrole nitrogens is 1. The second kappa shape index (κ2) is 27.6. The molecule has 3 heterocycles. The van der Waals surface area contributed by atoms with Crippen LogP contribution in [0.5, 0.6) is 5.75 Å². The van der Waals surface area contributed by atoms with Gasteiger partial charge in [-0.2, -0.15) is 10.4 Å². The number of ether oxygens (including phenoxy) is 5. The van der Waals surface area contributed by atoms with Crippen molar-refractivity contribution < 1.29 is 53.1 Å². The molecule has 350 valence electrons. The van der Waals surface area contributed by atoms with E-state index in [-0.39, 0.29) is 98.6 Å². The van der Waals surface area contributed by atoms with Crippen LogP contribution in [-0.2, 0) is 33.3 Å². The maximum Gasteiger partial charge on any atom is 0.295 e.